The molecule has 7 heteroatoms. The minimum atomic E-state index is 0.329. The molecule has 0 fully saturated rings. The maximum Gasteiger partial charge on any atom is 0.257 e. The summed E-state index contributed by atoms with van der Waals surface area (Å²) in [6.45, 7) is 7.12. The molecule has 0 aliphatic heterocycles. The summed E-state index contributed by atoms with van der Waals surface area (Å²) in [6, 6.07) is 17.4. The third kappa shape index (κ3) is 6.20. The Kier molecular flexibility index (Phi) is 7.88. The molecule has 0 saturated heterocycles. The smallest absolute Gasteiger partial charge is 0.257 e. The van der Waals surface area contributed by atoms with Crippen LogP contribution in [0.1, 0.15) is 43.6 Å². The fourth-order valence-corrected chi connectivity index (χ4v) is 3.94. The number of benzene rings is 2. The van der Waals surface area contributed by atoms with Crippen LogP contribution in [0.4, 0.5) is 11.4 Å². The second kappa shape index (κ2) is 11.4. The van der Waals surface area contributed by atoms with Gasteiger partial charge in [-0.2, -0.15) is 4.98 Å². The van der Waals surface area contributed by atoms with Gasteiger partial charge in [0.05, 0.1) is 0 Å². The summed E-state index contributed by atoms with van der Waals surface area (Å²) < 4.78 is 5.52. The zero-order valence-electron chi connectivity index (χ0n) is 19.7. The predicted octanol–water partition coefficient (Wildman–Crippen LogP) is 5.79. The van der Waals surface area contributed by atoms with Gasteiger partial charge in [-0.25, -0.2) is 0 Å². The summed E-state index contributed by atoms with van der Waals surface area (Å²) in [7, 11) is 0. The Bertz CT molecular complexity index is 1170. The Morgan fingerprint density at radius 2 is 1.62 bits per heavy atom. The molecule has 0 saturated carbocycles. The monoisotopic (exact) mass is 457 g/mol. The molecule has 0 aliphatic carbocycles. The average Bonchev–Trinajstić information content (AvgIpc) is 3.31. The third-order valence-corrected chi connectivity index (χ3v) is 5.55. The predicted molar refractivity (Wildman–Crippen MR) is 134 cm³/mol. The van der Waals surface area contributed by atoms with E-state index in [1.54, 1.807) is 18.5 Å². The van der Waals surface area contributed by atoms with E-state index >= 15 is 0 Å². The molecule has 0 bridgehead atoms. The van der Waals surface area contributed by atoms with Gasteiger partial charge in [-0.05, 0) is 74.0 Å². The van der Waals surface area contributed by atoms with Gasteiger partial charge in [0.15, 0.2) is 5.82 Å². The van der Waals surface area contributed by atoms with E-state index in [0.717, 1.165) is 60.5 Å². The molecule has 2 aromatic heterocycles. The quantitative estimate of drug-likeness (QED) is 0.295. The summed E-state index contributed by atoms with van der Waals surface area (Å²) in [6.07, 6.45) is 6.22. The van der Waals surface area contributed by atoms with E-state index in [1.807, 2.05) is 48.5 Å². The van der Waals surface area contributed by atoms with Crippen molar-refractivity contribution < 1.29 is 9.63 Å². The molecule has 0 amide bonds. The molecule has 4 rings (SSSR count). The Balaban J connectivity index is 1.42. The van der Waals surface area contributed by atoms with Crippen LogP contribution in [-0.4, -0.2) is 38.2 Å². The van der Waals surface area contributed by atoms with E-state index in [9.17, 15) is 5.11 Å². The first-order chi connectivity index (χ1) is 16.6. The number of phenols is 1. The van der Waals surface area contributed by atoms with Gasteiger partial charge in [0.25, 0.3) is 5.89 Å². The fourth-order valence-electron chi connectivity index (χ4n) is 3.94. The van der Waals surface area contributed by atoms with Crippen molar-refractivity contribution in [3.05, 3.63) is 83.9 Å². The fraction of sp³-hybridized carbons (Fsp3) is 0.296. The van der Waals surface area contributed by atoms with Crippen LogP contribution >= 0.6 is 0 Å². The number of nitrogens with zero attached hydrogens (tertiary/aromatic N) is 4. The largest absolute Gasteiger partial charge is 0.508 e. The Hall–Kier alpha value is -3.71. The Morgan fingerprint density at radius 1 is 0.912 bits per heavy atom. The van der Waals surface area contributed by atoms with E-state index in [4.69, 9.17) is 4.52 Å². The standard InChI is InChI=1S/C27H31N5O2/c1-3-15-32(16-4-2)19-22-17-20(5-10-25(22)33)18-26-30-27(34-31-26)21-6-8-23(9-7-21)29-24-11-13-28-14-12-24/h5-14,17,33H,3-4,15-16,18-19H2,1-2H3,(H,28,29). The summed E-state index contributed by atoms with van der Waals surface area (Å²) in [5.74, 6) is 1.43. The van der Waals surface area contributed by atoms with Crippen LogP contribution in [-0.2, 0) is 13.0 Å². The molecule has 0 unspecified atom stereocenters. The number of hydrogen-bond acceptors (Lipinski definition) is 7. The topological polar surface area (TPSA) is 87.3 Å². The second-order valence-electron chi connectivity index (χ2n) is 8.37. The van der Waals surface area contributed by atoms with Crippen molar-refractivity contribution in [2.45, 2.75) is 39.7 Å². The van der Waals surface area contributed by atoms with Crippen molar-refractivity contribution in [2.24, 2.45) is 0 Å². The Morgan fingerprint density at radius 3 is 2.32 bits per heavy atom. The van der Waals surface area contributed by atoms with Crippen LogP contribution in [0.2, 0.25) is 0 Å². The van der Waals surface area contributed by atoms with Crippen LogP contribution in [0.25, 0.3) is 11.5 Å². The van der Waals surface area contributed by atoms with Gasteiger partial charge in [0, 0.05) is 47.9 Å². The number of rotatable bonds is 11. The highest BCUT2D eigenvalue weighted by Crippen LogP contribution is 2.24. The molecule has 0 spiro atoms. The van der Waals surface area contributed by atoms with Gasteiger partial charge in [0.2, 0.25) is 0 Å². The molecule has 0 atom stereocenters. The Labute approximate surface area is 200 Å². The van der Waals surface area contributed by atoms with E-state index < -0.39 is 0 Å². The molecule has 2 aromatic carbocycles. The first-order valence-electron chi connectivity index (χ1n) is 11.8. The normalized spacial score (nSPS) is 11.1. The second-order valence-corrected chi connectivity index (χ2v) is 8.37. The van der Waals surface area contributed by atoms with Crippen molar-refractivity contribution in [1.82, 2.24) is 20.0 Å². The number of aromatic hydroxyl groups is 1. The first kappa shape index (κ1) is 23.4. The molecule has 176 valence electrons. The van der Waals surface area contributed by atoms with Crippen LogP contribution in [0, 0.1) is 0 Å². The van der Waals surface area contributed by atoms with Gasteiger partial charge in [-0.1, -0.05) is 31.1 Å². The summed E-state index contributed by atoms with van der Waals surface area (Å²) in [5.41, 5.74) is 4.78. The molecule has 34 heavy (non-hydrogen) atoms. The zero-order chi connectivity index (χ0) is 23.8. The molecule has 2 N–H and O–H groups in total. The van der Waals surface area contributed by atoms with Crippen LogP contribution < -0.4 is 5.32 Å². The summed E-state index contributed by atoms with van der Waals surface area (Å²) in [4.78, 5) is 11.0. The third-order valence-electron chi connectivity index (χ3n) is 5.55. The lowest BCUT2D eigenvalue weighted by Gasteiger charge is -2.21. The van der Waals surface area contributed by atoms with E-state index in [0.29, 0.717) is 23.9 Å². The highest BCUT2D eigenvalue weighted by molar-refractivity contribution is 5.63. The van der Waals surface area contributed by atoms with Crippen LogP contribution in [0.5, 0.6) is 5.75 Å². The van der Waals surface area contributed by atoms with Crippen molar-refractivity contribution >= 4 is 11.4 Å². The first-order valence-corrected chi connectivity index (χ1v) is 11.8. The van der Waals surface area contributed by atoms with Crippen molar-refractivity contribution in [1.29, 1.82) is 0 Å². The SMILES string of the molecule is CCCN(CCC)Cc1cc(Cc2noc(-c3ccc(Nc4ccncc4)cc3)n2)ccc1O. The lowest BCUT2D eigenvalue weighted by Crippen LogP contribution is -2.25. The highest BCUT2D eigenvalue weighted by atomic mass is 16.5. The van der Waals surface area contributed by atoms with Crippen LogP contribution in [0.15, 0.2) is 71.5 Å². The maximum atomic E-state index is 10.4. The number of phenolic OH excluding ortho intramolecular Hbond substituents is 1. The van der Waals surface area contributed by atoms with Gasteiger partial charge >= 0.3 is 0 Å². The molecule has 0 radical (unpaired) electrons. The van der Waals surface area contributed by atoms with Gasteiger partial charge in [0.1, 0.15) is 5.75 Å². The minimum absolute atomic E-state index is 0.329. The van der Waals surface area contributed by atoms with Crippen molar-refractivity contribution in [3.63, 3.8) is 0 Å². The molecular formula is C27H31N5O2. The lowest BCUT2D eigenvalue weighted by atomic mass is 10.1. The summed E-state index contributed by atoms with van der Waals surface area (Å²) in [5, 5.41) is 17.9. The number of nitrogens with one attached hydrogen (secondary N) is 1. The molecule has 7 nitrogen and oxygen atoms in total. The minimum Gasteiger partial charge on any atom is -0.508 e. The number of pyridine rings is 1. The summed E-state index contributed by atoms with van der Waals surface area (Å²) >= 11 is 0. The van der Waals surface area contributed by atoms with E-state index in [2.05, 4.69) is 39.2 Å². The van der Waals surface area contributed by atoms with E-state index in [1.165, 1.54) is 0 Å². The molecule has 4 aromatic rings. The van der Waals surface area contributed by atoms with Crippen molar-refractivity contribution in [2.75, 3.05) is 18.4 Å². The molecule has 0 aliphatic rings. The van der Waals surface area contributed by atoms with Crippen LogP contribution in [0.3, 0.4) is 0 Å². The van der Waals surface area contributed by atoms with E-state index in [-0.39, 0.29) is 0 Å². The molecular weight excluding hydrogens is 426 g/mol. The number of aromatic nitrogens is 3. The number of hydrogen-bond donors (Lipinski definition) is 2. The maximum absolute atomic E-state index is 10.4. The van der Waals surface area contributed by atoms with Gasteiger partial charge < -0.3 is 14.9 Å². The van der Waals surface area contributed by atoms with Gasteiger partial charge in [-0.3, -0.25) is 9.88 Å². The lowest BCUT2D eigenvalue weighted by molar-refractivity contribution is 0.262. The molecule has 2 heterocycles. The zero-order valence-corrected chi connectivity index (χ0v) is 19.7. The average molecular weight is 458 g/mol. The highest BCUT2D eigenvalue weighted by Gasteiger charge is 2.13. The van der Waals surface area contributed by atoms with Crippen molar-refractivity contribution in [3.8, 4) is 17.2 Å². The van der Waals surface area contributed by atoms with Gasteiger partial charge in [-0.15, -0.1) is 0 Å². The number of anilines is 2.